The molecule has 0 aromatic heterocycles. The van der Waals surface area contributed by atoms with Crippen LogP contribution in [0.3, 0.4) is 0 Å². The molecule has 2 unspecified atom stereocenters. The molecule has 0 saturated carbocycles. The number of nitrogens with one attached hydrogen (secondary N) is 2. The molecule has 2 aliphatic rings. The van der Waals surface area contributed by atoms with Crippen LogP contribution in [0.5, 0.6) is 0 Å². The summed E-state index contributed by atoms with van der Waals surface area (Å²) in [6, 6.07) is 6.44. The van der Waals surface area contributed by atoms with Crippen LogP contribution in [0, 0.1) is 5.82 Å². The third-order valence-corrected chi connectivity index (χ3v) is 4.79. The molecule has 2 atom stereocenters. The molecule has 1 aromatic rings. The molecule has 0 fully saturated rings. The van der Waals surface area contributed by atoms with Crippen molar-refractivity contribution in [3.8, 4) is 0 Å². The van der Waals surface area contributed by atoms with E-state index in [9.17, 15) is 9.18 Å². The standard InChI is InChI=1S/C21H25FN4O2/c1-2-3-11-23-14-18-21(16-5-7-17(22)8-6-16)24-19-13-15(10-12-26(18)19)4-9-20(27)25-28/h4-10,12-13,18,21,23,28H,2-3,11,14H2,1H3,(H,25,27)/b9-4+. The minimum atomic E-state index is -0.590. The first kappa shape index (κ1) is 20.0. The topological polar surface area (TPSA) is 77.0 Å². The molecular weight excluding hydrogens is 359 g/mol. The molecule has 1 amide bonds. The van der Waals surface area contributed by atoms with Gasteiger partial charge in [0.2, 0.25) is 0 Å². The molecule has 0 bridgehead atoms. The second kappa shape index (κ2) is 9.43. The van der Waals surface area contributed by atoms with E-state index in [2.05, 4.69) is 17.1 Å². The van der Waals surface area contributed by atoms with Gasteiger partial charge in [0.25, 0.3) is 5.91 Å². The normalized spacial score (nSPS) is 20.9. The SMILES string of the molecule is CCCCNCC1C(c2ccc(F)cc2)N=C2C=C(/C=C/C(=O)NO)C=CN21. The van der Waals surface area contributed by atoms with Gasteiger partial charge in [0.1, 0.15) is 11.7 Å². The van der Waals surface area contributed by atoms with Crippen molar-refractivity contribution in [1.29, 1.82) is 0 Å². The van der Waals surface area contributed by atoms with Gasteiger partial charge in [-0.1, -0.05) is 25.5 Å². The molecule has 3 N–H and O–H groups in total. The zero-order valence-corrected chi connectivity index (χ0v) is 15.8. The lowest BCUT2D eigenvalue weighted by atomic mass is 9.99. The van der Waals surface area contributed by atoms with Crippen LogP contribution in [0.2, 0.25) is 0 Å². The Labute approximate surface area is 164 Å². The first-order chi connectivity index (χ1) is 13.6. The summed E-state index contributed by atoms with van der Waals surface area (Å²) in [6.07, 6.45) is 10.8. The molecule has 2 heterocycles. The number of carbonyl (C=O) groups is 1. The molecule has 28 heavy (non-hydrogen) atoms. The molecule has 0 spiro atoms. The van der Waals surface area contributed by atoms with Crippen LogP contribution in [-0.4, -0.2) is 41.0 Å². The minimum Gasteiger partial charge on any atom is -0.326 e. The Morgan fingerprint density at radius 1 is 1.36 bits per heavy atom. The quantitative estimate of drug-likeness (QED) is 0.279. The summed E-state index contributed by atoms with van der Waals surface area (Å²) in [5.41, 5.74) is 3.33. The molecule has 0 saturated heterocycles. The summed E-state index contributed by atoms with van der Waals surface area (Å²) >= 11 is 0. The number of benzene rings is 1. The molecule has 7 heteroatoms. The first-order valence-electron chi connectivity index (χ1n) is 9.46. The monoisotopic (exact) mass is 384 g/mol. The van der Waals surface area contributed by atoms with Crippen LogP contribution < -0.4 is 10.8 Å². The number of amides is 1. The Morgan fingerprint density at radius 3 is 2.86 bits per heavy atom. The van der Waals surface area contributed by atoms with Gasteiger partial charge >= 0.3 is 0 Å². The Kier molecular flexibility index (Phi) is 6.73. The second-order valence-electron chi connectivity index (χ2n) is 6.79. The highest BCUT2D eigenvalue weighted by atomic mass is 19.1. The summed E-state index contributed by atoms with van der Waals surface area (Å²) in [5.74, 6) is -0.0606. The number of nitrogens with zero attached hydrogens (tertiary/aromatic N) is 2. The van der Waals surface area contributed by atoms with Crippen LogP contribution in [0.15, 0.2) is 65.3 Å². The van der Waals surface area contributed by atoms with Gasteiger partial charge in [-0.3, -0.25) is 15.0 Å². The number of hydrogen-bond acceptors (Lipinski definition) is 5. The number of unbranched alkanes of at least 4 members (excludes halogenated alkanes) is 1. The van der Waals surface area contributed by atoms with Gasteiger partial charge < -0.3 is 10.2 Å². The van der Waals surface area contributed by atoms with E-state index in [-0.39, 0.29) is 17.9 Å². The van der Waals surface area contributed by atoms with Crippen LogP contribution in [0.1, 0.15) is 31.4 Å². The number of amidine groups is 1. The van der Waals surface area contributed by atoms with Crippen molar-refractivity contribution in [2.75, 3.05) is 13.1 Å². The minimum absolute atomic E-state index is 0.0797. The Morgan fingerprint density at radius 2 is 2.14 bits per heavy atom. The highest BCUT2D eigenvalue weighted by Gasteiger charge is 2.35. The van der Waals surface area contributed by atoms with Crippen molar-refractivity contribution in [2.45, 2.75) is 31.8 Å². The zero-order valence-electron chi connectivity index (χ0n) is 15.8. The smallest absolute Gasteiger partial charge is 0.267 e. The lowest BCUT2D eigenvalue weighted by Gasteiger charge is -2.29. The van der Waals surface area contributed by atoms with Gasteiger partial charge in [0.15, 0.2) is 0 Å². The van der Waals surface area contributed by atoms with Crippen molar-refractivity contribution in [2.24, 2.45) is 4.99 Å². The number of fused-ring (bicyclic) bond motifs is 1. The predicted molar refractivity (Wildman–Crippen MR) is 106 cm³/mol. The molecule has 3 rings (SSSR count). The van der Waals surface area contributed by atoms with E-state index in [1.165, 1.54) is 18.2 Å². The number of carbonyl (C=O) groups excluding carboxylic acids is 1. The van der Waals surface area contributed by atoms with Crippen molar-refractivity contribution in [1.82, 2.24) is 15.7 Å². The maximum absolute atomic E-state index is 13.3. The molecule has 0 radical (unpaired) electrons. The molecule has 6 nitrogen and oxygen atoms in total. The van der Waals surface area contributed by atoms with Crippen molar-refractivity contribution in [3.63, 3.8) is 0 Å². The van der Waals surface area contributed by atoms with E-state index in [1.54, 1.807) is 23.7 Å². The fourth-order valence-electron chi connectivity index (χ4n) is 3.31. The van der Waals surface area contributed by atoms with Crippen molar-refractivity contribution >= 4 is 11.7 Å². The average Bonchev–Trinajstić information content (AvgIpc) is 3.07. The first-order valence-corrected chi connectivity index (χ1v) is 9.46. The van der Waals surface area contributed by atoms with Gasteiger partial charge in [-0.05, 0) is 54.5 Å². The van der Waals surface area contributed by atoms with Gasteiger partial charge in [-0.2, -0.15) is 0 Å². The average molecular weight is 384 g/mol. The van der Waals surface area contributed by atoms with Gasteiger partial charge in [0, 0.05) is 18.8 Å². The summed E-state index contributed by atoms with van der Waals surface area (Å²) in [6.45, 7) is 3.85. The van der Waals surface area contributed by atoms with E-state index in [4.69, 9.17) is 10.2 Å². The fourth-order valence-corrected chi connectivity index (χ4v) is 3.31. The number of allylic oxidation sites excluding steroid dienone is 3. The maximum atomic E-state index is 13.3. The van der Waals surface area contributed by atoms with E-state index in [0.29, 0.717) is 0 Å². The summed E-state index contributed by atoms with van der Waals surface area (Å²) < 4.78 is 13.3. The van der Waals surface area contributed by atoms with E-state index >= 15 is 0 Å². The van der Waals surface area contributed by atoms with Gasteiger partial charge in [-0.25, -0.2) is 9.87 Å². The summed E-state index contributed by atoms with van der Waals surface area (Å²) in [7, 11) is 0. The largest absolute Gasteiger partial charge is 0.326 e. The van der Waals surface area contributed by atoms with Crippen LogP contribution in [0.25, 0.3) is 0 Å². The van der Waals surface area contributed by atoms with Gasteiger partial charge in [0.05, 0.1) is 12.1 Å². The second-order valence-corrected chi connectivity index (χ2v) is 6.79. The van der Waals surface area contributed by atoms with E-state index in [1.807, 2.05) is 18.4 Å². The Bertz CT molecular complexity index is 814. The number of hydrogen-bond donors (Lipinski definition) is 3. The van der Waals surface area contributed by atoms with Crippen molar-refractivity contribution in [3.05, 3.63) is 71.7 Å². The Balaban J connectivity index is 1.82. The van der Waals surface area contributed by atoms with Crippen LogP contribution >= 0.6 is 0 Å². The third kappa shape index (κ3) is 4.74. The number of hydroxylamine groups is 1. The fraction of sp³-hybridized carbons (Fsp3) is 0.333. The Hall–Kier alpha value is -2.77. The van der Waals surface area contributed by atoms with E-state index in [0.717, 1.165) is 42.9 Å². The molecule has 1 aromatic carbocycles. The molecule has 148 valence electrons. The van der Waals surface area contributed by atoms with E-state index < -0.39 is 5.91 Å². The number of halogens is 1. The highest BCUT2D eigenvalue weighted by Crippen LogP contribution is 2.34. The zero-order chi connectivity index (χ0) is 19.9. The van der Waals surface area contributed by atoms with Crippen LogP contribution in [-0.2, 0) is 4.79 Å². The summed E-state index contributed by atoms with van der Waals surface area (Å²) in [4.78, 5) is 18.2. The summed E-state index contributed by atoms with van der Waals surface area (Å²) in [5, 5.41) is 12.1. The lowest BCUT2D eigenvalue weighted by Crippen LogP contribution is -2.41. The maximum Gasteiger partial charge on any atom is 0.267 e. The van der Waals surface area contributed by atoms with Crippen molar-refractivity contribution < 1.29 is 14.4 Å². The molecule has 0 aliphatic carbocycles. The number of rotatable bonds is 8. The highest BCUT2D eigenvalue weighted by molar-refractivity contribution is 5.98. The number of aliphatic imine (C=N–C) groups is 1. The molecular formula is C21H25FN4O2. The third-order valence-electron chi connectivity index (χ3n) is 4.79. The predicted octanol–water partition coefficient (Wildman–Crippen LogP) is 2.85. The van der Waals surface area contributed by atoms with Gasteiger partial charge in [-0.15, -0.1) is 0 Å². The molecule has 2 aliphatic heterocycles. The lowest BCUT2D eigenvalue weighted by molar-refractivity contribution is -0.124. The van der Waals surface area contributed by atoms with Crippen LogP contribution in [0.4, 0.5) is 4.39 Å².